The van der Waals surface area contributed by atoms with Gasteiger partial charge in [-0.25, -0.2) is 9.59 Å². The molecule has 2 aromatic rings. The normalized spacial score (nSPS) is 17.1. The zero-order valence-corrected chi connectivity index (χ0v) is 19.7. The molecule has 0 saturated carbocycles. The Morgan fingerprint density at radius 2 is 1.62 bits per heavy atom. The summed E-state index contributed by atoms with van der Waals surface area (Å²) in [5, 5.41) is 9.28. The number of aliphatic carboxylic acids is 1. The van der Waals surface area contributed by atoms with Gasteiger partial charge < -0.3 is 19.5 Å². The maximum Gasteiger partial charge on any atom is 0.411 e. The zero-order chi connectivity index (χ0) is 24.5. The number of nitrogens with zero attached hydrogens (tertiary/aromatic N) is 2. The van der Waals surface area contributed by atoms with Crippen LogP contribution in [0.15, 0.2) is 48.5 Å². The van der Waals surface area contributed by atoms with Gasteiger partial charge >= 0.3 is 18.2 Å². The van der Waals surface area contributed by atoms with Gasteiger partial charge in [0, 0.05) is 19.0 Å². The van der Waals surface area contributed by atoms with Crippen LogP contribution in [0.1, 0.15) is 44.2 Å². The third-order valence-corrected chi connectivity index (χ3v) is 6.13. The minimum atomic E-state index is -1.13. The Balaban J connectivity index is 1.40. The molecule has 1 saturated heterocycles. The number of ether oxygens (including phenoxy) is 2. The van der Waals surface area contributed by atoms with Gasteiger partial charge in [-0.05, 0) is 49.4 Å². The van der Waals surface area contributed by atoms with Crippen molar-refractivity contribution in [3.63, 3.8) is 0 Å². The van der Waals surface area contributed by atoms with Crippen LogP contribution in [0.5, 0.6) is 0 Å². The van der Waals surface area contributed by atoms with E-state index in [4.69, 9.17) is 9.47 Å². The minimum absolute atomic E-state index is 0.0416. The smallest absolute Gasteiger partial charge is 0.411 e. The summed E-state index contributed by atoms with van der Waals surface area (Å²) >= 11 is 0. The van der Waals surface area contributed by atoms with E-state index in [1.807, 2.05) is 24.3 Å². The van der Waals surface area contributed by atoms with Crippen molar-refractivity contribution in [1.29, 1.82) is 0 Å². The molecule has 1 aliphatic heterocycles. The van der Waals surface area contributed by atoms with Crippen LogP contribution in [-0.4, -0.2) is 70.9 Å². The number of rotatable bonds is 5. The lowest BCUT2D eigenvalue weighted by molar-refractivity contribution is -0.138. The van der Waals surface area contributed by atoms with Crippen LogP contribution >= 0.6 is 0 Å². The van der Waals surface area contributed by atoms with E-state index in [0.717, 1.165) is 22.3 Å². The highest BCUT2D eigenvalue weighted by Crippen LogP contribution is 2.44. The van der Waals surface area contributed by atoms with Gasteiger partial charge in [-0.2, -0.15) is 0 Å². The number of carboxylic acids is 1. The van der Waals surface area contributed by atoms with Gasteiger partial charge in [-0.1, -0.05) is 48.5 Å². The third kappa shape index (κ3) is 5.00. The molecule has 0 aromatic heterocycles. The Hall–Kier alpha value is -3.55. The Morgan fingerprint density at radius 1 is 1.03 bits per heavy atom. The molecule has 0 bridgehead atoms. The number of amides is 2. The van der Waals surface area contributed by atoms with Gasteiger partial charge in [0.2, 0.25) is 0 Å². The number of likely N-dealkylation sites (tertiary alicyclic amines) is 1. The Kier molecular flexibility index (Phi) is 6.50. The van der Waals surface area contributed by atoms with Gasteiger partial charge in [0.25, 0.3) is 0 Å². The van der Waals surface area contributed by atoms with Crippen molar-refractivity contribution in [3.05, 3.63) is 59.7 Å². The van der Waals surface area contributed by atoms with Crippen molar-refractivity contribution in [1.82, 2.24) is 9.80 Å². The molecule has 1 heterocycles. The van der Waals surface area contributed by atoms with Gasteiger partial charge in [0.15, 0.2) is 0 Å². The number of fused-ring (bicyclic) bond motifs is 3. The fourth-order valence-corrected chi connectivity index (χ4v) is 4.66. The van der Waals surface area contributed by atoms with Gasteiger partial charge in [-0.15, -0.1) is 0 Å². The van der Waals surface area contributed by atoms with E-state index in [2.05, 4.69) is 24.3 Å². The predicted octanol–water partition coefficient (Wildman–Crippen LogP) is 4.33. The standard InChI is InChI=1S/C26H30N2O6/c1-26(2,3)34-25(32)28(15-23(29)30)17-12-13-27(14-17)24(31)33-16-22-20-10-6-4-8-18(20)19-9-5-7-11-21(19)22/h4-11,17,22H,12-16H2,1-3H3,(H,29,30). The van der Waals surface area contributed by atoms with Gasteiger partial charge in [0.1, 0.15) is 18.8 Å². The van der Waals surface area contributed by atoms with Crippen LogP contribution in [0.4, 0.5) is 9.59 Å². The van der Waals surface area contributed by atoms with Crippen molar-refractivity contribution in [2.45, 2.75) is 44.8 Å². The van der Waals surface area contributed by atoms with Crippen molar-refractivity contribution in [3.8, 4) is 11.1 Å². The second kappa shape index (κ2) is 9.37. The Bertz CT molecular complexity index is 1050. The van der Waals surface area contributed by atoms with Crippen LogP contribution in [0.2, 0.25) is 0 Å². The summed E-state index contributed by atoms with van der Waals surface area (Å²) in [7, 11) is 0. The van der Waals surface area contributed by atoms with Crippen molar-refractivity contribution < 1.29 is 29.0 Å². The fourth-order valence-electron chi connectivity index (χ4n) is 4.66. The summed E-state index contributed by atoms with van der Waals surface area (Å²) in [6, 6.07) is 15.8. The van der Waals surface area contributed by atoms with E-state index in [-0.39, 0.29) is 19.1 Å². The molecule has 1 N–H and O–H groups in total. The summed E-state index contributed by atoms with van der Waals surface area (Å²) in [5.41, 5.74) is 3.82. The van der Waals surface area contributed by atoms with E-state index in [1.165, 1.54) is 9.80 Å². The summed E-state index contributed by atoms with van der Waals surface area (Å²) < 4.78 is 11.1. The predicted molar refractivity (Wildman–Crippen MR) is 126 cm³/mol. The topological polar surface area (TPSA) is 96.4 Å². The first-order chi connectivity index (χ1) is 16.1. The second-order valence-corrected chi connectivity index (χ2v) is 9.69. The number of hydrogen-bond donors (Lipinski definition) is 1. The van der Waals surface area contributed by atoms with Gasteiger partial charge in [-0.3, -0.25) is 9.69 Å². The quantitative estimate of drug-likeness (QED) is 0.705. The number of hydrogen-bond acceptors (Lipinski definition) is 5. The molecule has 8 nitrogen and oxygen atoms in total. The van der Waals surface area contributed by atoms with Crippen LogP contribution < -0.4 is 0 Å². The fraction of sp³-hybridized carbons (Fsp3) is 0.423. The minimum Gasteiger partial charge on any atom is -0.480 e. The summed E-state index contributed by atoms with van der Waals surface area (Å²) in [6.07, 6.45) is -0.713. The molecule has 2 amide bonds. The second-order valence-electron chi connectivity index (χ2n) is 9.69. The van der Waals surface area contributed by atoms with E-state index in [9.17, 15) is 19.5 Å². The maximum absolute atomic E-state index is 12.9. The highest BCUT2D eigenvalue weighted by atomic mass is 16.6. The summed E-state index contributed by atoms with van der Waals surface area (Å²) in [6.45, 7) is 5.46. The molecular formula is C26H30N2O6. The molecule has 0 spiro atoms. The molecule has 180 valence electrons. The lowest BCUT2D eigenvalue weighted by atomic mass is 9.98. The molecule has 4 rings (SSSR count). The molecule has 1 atom stereocenters. The average Bonchev–Trinajstić information content (AvgIpc) is 3.38. The molecule has 8 heteroatoms. The summed E-state index contributed by atoms with van der Waals surface area (Å²) in [4.78, 5) is 39.5. The van der Waals surface area contributed by atoms with E-state index < -0.39 is 36.3 Å². The first-order valence-corrected chi connectivity index (χ1v) is 11.5. The lowest BCUT2D eigenvalue weighted by Crippen LogP contribution is -2.47. The number of benzene rings is 2. The van der Waals surface area contributed by atoms with E-state index in [1.54, 1.807) is 20.8 Å². The molecule has 2 aliphatic rings. The highest BCUT2D eigenvalue weighted by Gasteiger charge is 2.37. The average molecular weight is 467 g/mol. The molecule has 1 aliphatic carbocycles. The third-order valence-electron chi connectivity index (χ3n) is 6.13. The Morgan fingerprint density at radius 3 is 2.18 bits per heavy atom. The van der Waals surface area contributed by atoms with Crippen LogP contribution in [0.3, 0.4) is 0 Å². The molecule has 0 radical (unpaired) electrons. The molecular weight excluding hydrogens is 436 g/mol. The van der Waals surface area contributed by atoms with Crippen molar-refractivity contribution >= 4 is 18.2 Å². The molecule has 2 aromatic carbocycles. The first-order valence-electron chi connectivity index (χ1n) is 11.5. The highest BCUT2D eigenvalue weighted by molar-refractivity contribution is 5.79. The number of carboxylic acid groups (broad SMARTS) is 1. The Labute approximate surface area is 199 Å². The first kappa shape index (κ1) is 23.6. The lowest BCUT2D eigenvalue weighted by Gasteiger charge is -2.30. The van der Waals surface area contributed by atoms with Crippen molar-refractivity contribution in [2.24, 2.45) is 0 Å². The molecule has 1 fully saturated rings. The molecule has 34 heavy (non-hydrogen) atoms. The van der Waals surface area contributed by atoms with E-state index in [0.29, 0.717) is 13.0 Å². The van der Waals surface area contributed by atoms with Crippen LogP contribution in [-0.2, 0) is 14.3 Å². The van der Waals surface area contributed by atoms with Crippen LogP contribution in [0.25, 0.3) is 11.1 Å². The maximum atomic E-state index is 12.9. The van der Waals surface area contributed by atoms with Crippen molar-refractivity contribution in [2.75, 3.05) is 26.2 Å². The number of carbonyl (C=O) groups excluding carboxylic acids is 2. The SMILES string of the molecule is CC(C)(C)OC(=O)N(CC(=O)O)C1CCN(C(=O)OCC2c3ccccc3-c3ccccc32)C1. The molecule has 1 unspecified atom stereocenters. The van der Waals surface area contributed by atoms with Crippen LogP contribution in [0, 0.1) is 0 Å². The van der Waals surface area contributed by atoms with Gasteiger partial charge in [0.05, 0.1) is 6.04 Å². The number of carbonyl (C=O) groups is 3. The largest absolute Gasteiger partial charge is 0.480 e. The van der Waals surface area contributed by atoms with E-state index >= 15 is 0 Å². The zero-order valence-electron chi connectivity index (χ0n) is 19.7. The monoisotopic (exact) mass is 466 g/mol. The summed E-state index contributed by atoms with van der Waals surface area (Å²) in [5.74, 6) is -1.18.